The molecule has 0 aliphatic heterocycles. The second-order valence-electron chi connectivity index (χ2n) is 5.20. The molecular formula is C16H20N4OS. The molecular weight excluding hydrogens is 296 g/mol. The molecule has 0 fully saturated rings. The van der Waals surface area contributed by atoms with Gasteiger partial charge in [-0.3, -0.25) is 4.57 Å². The van der Waals surface area contributed by atoms with Crippen LogP contribution >= 0.6 is 11.8 Å². The monoisotopic (exact) mass is 316 g/mol. The fourth-order valence-corrected chi connectivity index (χ4v) is 3.47. The normalized spacial score (nSPS) is 11.3. The van der Waals surface area contributed by atoms with E-state index in [-0.39, 0.29) is 5.69 Å². The highest BCUT2D eigenvalue weighted by Crippen LogP contribution is 2.18. The van der Waals surface area contributed by atoms with Crippen molar-refractivity contribution in [2.45, 2.75) is 38.0 Å². The number of hydrogen-bond acceptors (Lipinski definition) is 3. The number of nitrogens with zero attached hydrogens (tertiary/aromatic N) is 3. The number of benzene rings is 1. The average Bonchev–Trinajstić information content (AvgIpc) is 3.08. The first kappa shape index (κ1) is 15.0. The Morgan fingerprint density at radius 1 is 1.27 bits per heavy atom. The number of thioether (sulfide) groups is 1. The Balaban J connectivity index is 1.60. The lowest BCUT2D eigenvalue weighted by atomic mass is 10.3. The fraction of sp³-hybridized carbons (Fsp3) is 0.375. The Bertz CT molecular complexity index is 802. The van der Waals surface area contributed by atoms with Gasteiger partial charge in [0, 0.05) is 31.2 Å². The van der Waals surface area contributed by atoms with Gasteiger partial charge in [-0.1, -0.05) is 30.8 Å². The van der Waals surface area contributed by atoms with Crippen molar-refractivity contribution in [2.75, 3.05) is 5.75 Å². The third-order valence-corrected chi connectivity index (χ3v) is 4.67. The molecule has 2 aromatic heterocycles. The van der Waals surface area contributed by atoms with Gasteiger partial charge in [0.2, 0.25) is 0 Å². The molecule has 0 saturated carbocycles. The van der Waals surface area contributed by atoms with Crippen LogP contribution in [0, 0.1) is 0 Å². The molecule has 0 radical (unpaired) electrons. The molecule has 3 aromatic rings. The van der Waals surface area contributed by atoms with Crippen LogP contribution in [0.4, 0.5) is 0 Å². The summed E-state index contributed by atoms with van der Waals surface area (Å²) in [6.45, 7) is 3.90. The van der Waals surface area contributed by atoms with Crippen LogP contribution in [0.2, 0.25) is 0 Å². The summed E-state index contributed by atoms with van der Waals surface area (Å²) in [5.41, 5.74) is 1.85. The lowest BCUT2D eigenvalue weighted by Crippen LogP contribution is -2.17. The van der Waals surface area contributed by atoms with Crippen LogP contribution in [0.3, 0.4) is 0 Å². The van der Waals surface area contributed by atoms with E-state index in [9.17, 15) is 4.79 Å². The number of imidazole rings is 2. The molecule has 6 heteroatoms. The van der Waals surface area contributed by atoms with Gasteiger partial charge in [0.1, 0.15) is 0 Å². The predicted octanol–water partition coefficient (Wildman–Crippen LogP) is 3.12. The van der Waals surface area contributed by atoms with Crippen molar-refractivity contribution in [1.82, 2.24) is 19.1 Å². The van der Waals surface area contributed by atoms with Crippen LogP contribution in [0.5, 0.6) is 0 Å². The van der Waals surface area contributed by atoms with Gasteiger partial charge in [0.05, 0.1) is 11.0 Å². The third-order valence-electron chi connectivity index (χ3n) is 3.58. The molecule has 0 aliphatic carbocycles. The predicted molar refractivity (Wildman–Crippen MR) is 90.4 cm³/mol. The van der Waals surface area contributed by atoms with E-state index >= 15 is 0 Å². The topological polar surface area (TPSA) is 55.6 Å². The third kappa shape index (κ3) is 3.11. The van der Waals surface area contributed by atoms with Crippen molar-refractivity contribution < 1.29 is 0 Å². The first-order chi connectivity index (χ1) is 10.8. The Morgan fingerprint density at radius 2 is 2.14 bits per heavy atom. The van der Waals surface area contributed by atoms with Gasteiger partial charge in [-0.05, 0) is 25.0 Å². The fourth-order valence-electron chi connectivity index (χ4n) is 2.56. The Hall–Kier alpha value is -1.95. The van der Waals surface area contributed by atoms with Gasteiger partial charge in [0.15, 0.2) is 5.16 Å². The smallest absolute Gasteiger partial charge is 0.326 e. The van der Waals surface area contributed by atoms with Crippen molar-refractivity contribution >= 4 is 22.8 Å². The maximum absolute atomic E-state index is 12.0. The summed E-state index contributed by atoms with van der Waals surface area (Å²) in [6.07, 6.45) is 5.91. The zero-order chi connectivity index (χ0) is 15.4. The van der Waals surface area contributed by atoms with Gasteiger partial charge >= 0.3 is 5.69 Å². The number of para-hydroxylation sites is 2. The summed E-state index contributed by atoms with van der Waals surface area (Å²) in [4.78, 5) is 19.3. The molecule has 0 unspecified atom stereocenters. The summed E-state index contributed by atoms with van der Waals surface area (Å²) in [7, 11) is 0. The van der Waals surface area contributed by atoms with Gasteiger partial charge in [-0.2, -0.15) is 0 Å². The number of aromatic amines is 1. The van der Waals surface area contributed by atoms with Crippen LogP contribution in [-0.4, -0.2) is 24.9 Å². The number of rotatable bonds is 7. The molecule has 22 heavy (non-hydrogen) atoms. The highest BCUT2D eigenvalue weighted by Gasteiger charge is 2.06. The van der Waals surface area contributed by atoms with Gasteiger partial charge < -0.3 is 9.55 Å². The summed E-state index contributed by atoms with van der Waals surface area (Å²) < 4.78 is 4.00. The molecule has 5 nitrogen and oxygen atoms in total. The SMILES string of the molecule is CCCn1ccnc1SCCCn1c(=O)[nH]c2ccccc21. The molecule has 1 aromatic carbocycles. The van der Waals surface area contributed by atoms with Crippen LogP contribution < -0.4 is 5.69 Å². The summed E-state index contributed by atoms with van der Waals surface area (Å²) in [5, 5.41) is 1.06. The van der Waals surface area contributed by atoms with Gasteiger partial charge in [0.25, 0.3) is 0 Å². The molecule has 2 heterocycles. The highest BCUT2D eigenvalue weighted by molar-refractivity contribution is 7.99. The van der Waals surface area contributed by atoms with Crippen molar-refractivity contribution in [2.24, 2.45) is 0 Å². The van der Waals surface area contributed by atoms with Crippen LogP contribution in [0.15, 0.2) is 46.6 Å². The number of aromatic nitrogens is 4. The second-order valence-corrected chi connectivity index (χ2v) is 6.27. The van der Waals surface area contributed by atoms with Gasteiger partial charge in [-0.15, -0.1) is 0 Å². The van der Waals surface area contributed by atoms with Crippen LogP contribution in [0.25, 0.3) is 11.0 Å². The van der Waals surface area contributed by atoms with E-state index in [1.807, 2.05) is 41.2 Å². The lowest BCUT2D eigenvalue weighted by Gasteiger charge is -2.06. The van der Waals surface area contributed by atoms with Crippen molar-refractivity contribution in [1.29, 1.82) is 0 Å². The Labute approximate surface area is 133 Å². The number of nitrogens with one attached hydrogen (secondary N) is 1. The molecule has 0 spiro atoms. The molecule has 116 valence electrons. The minimum atomic E-state index is -0.0290. The van der Waals surface area contributed by atoms with Crippen molar-refractivity contribution in [3.05, 3.63) is 47.1 Å². The summed E-state index contributed by atoms with van der Waals surface area (Å²) >= 11 is 1.75. The number of fused-ring (bicyclic) bond motifs is 1. The second kappa shape index (κ2) is 6.87. The maximum Gasteiger partial charge on any atom is 0.326 e. The maximum atomic E-state index is 12.0. The minimum Gasteiger partial charge on any atom is -0.326 e. The molecule has 0 amide bonds. The van der Waals surface area contributed by atoms with E-state index in [4.69, 9.17) is 0 Å². The zero-order valence-electron chi connectivity index (χ0n) is 12.7. The van der Waals surface area contributed by atoms with E-state index in [0.717, 1.165) is 47.9 Å². The van der Waals surface area contributed by atoms with Crippen molar-refractivity contribution in [3.63, 3.8) is 0 Å². The molecule has 0 atom stereocenters. The Morgan fingerprint density at radius 3 is 3.00 bits per heavy atom. The largest absolute Gasteiger partial charge is 0.326 e. The average molecular weight is 316 g/mol. The van der Waals surface area contributed by atoms with E-state index in [1.165, 1.54) is 0 Å². The number of H-pyrrole nitrogens is 1. The van der Waals surface area contributed by atoms with E-state index in [0.29, 0.717) is 0 Å². The number of aryl methyl sites for hydroxylation is 2. The first-order valence-electron chi connectivity index (χ1n) is 7.61. The molecule has 0 bridgehead atoms. The molecule has 0 aliphatic rings. The standard InChI is InChI=1S/C16H20N4OS/c1-2-9-19-11-8-17-16(19)22-12-5-10-20-14-7-4-3-6-13(14)18-15(20)21/h3-4,6-8,11H,2,5,9-10,12H2,1H3,(H,18,21). The Kier molecular flexibility index (Phi) is 4.68. The summed E-state index contributed by atoms with van der Waals surface area (Å²) in [5.74, 6) is 0.951. The van der Waals surface area contributed by atoms with Crippen LogP contribution in [-0.2, 0) is 13.1 Å². The quantitative estimate of drug-likeness (QED) is 0.538. The zero-order valence-corrected chi connectivity index (χ0v) is 13.5. The van der Waals surface area contributed by atoms with Gasteiger partial charge in [-0.25, -0.2) is 9.78 Å². The van der Waals surface area contributed by atoms with E-state index in [1.54, 1.807) is 11.8 Å². The van der Waals surface area contributed by atoms with E-state index in [2.05, 4.69) is 21.5 Å². The molecule has 0 saturated heterocycles. The number of hydrogen-bond donors (Lipinski definition) is 1. The summed E-state index contributed by atoms with van der Waals surface area (Å²) in [6, 6.07) is 7.81. The minimum absolute atomic E-state index is 0.0290. The molecule has 3 rings (SSSR count). The first-order valence-corrected chi connectivity index (χ1v) is 8.59. The lowest BCUT2D eigenvalue weighted by molar-refractivity contribution is 0.619. The molecule has 1 N–H and O–H groups in total. The van der Waals surface area contributed by atoms with E-state index < -0.39 is 0 Å². The van der Waals surface area contributed by atoms with Crippen molar-refractivity contribution in [3.8, 4) is 0 Å². The highest BCUT2D eigenvalue weighted by atomic mass is 32.2. The van der Waals surface area contributed by atoms with Crippen LogP contribution in [0.1, 0.15) is 19.8 Å².